The predicted octanol–water partition coefficient (Wildman–Crippen LogP) is 1.82. The van der Waals surface area contributed by atoms with E-state index in [9.17, 15) is 9.18 Å². The maximum absolute atomic E-state index is 13.3. The molecule has 1 aliphatic heterocycles. The van der Waals surface area contributed by atoms with Crippen LogP contribution in [0.15, 0.2) is 42.7 Å². The first-order chi connectivity index (χ1) is 12.6. The number of aromatic nitrogens is 2. The second kappa shape index (κ2) is 8.50. The molecule has 0 aliphatic carbocycles. The molecule has 0 radical (unpaired) electrons. The van der Waals surface area contributed by atoms with Gasteiger partial charge >= 0.3 is 0 Å². The predicted molar refractivity (Wildman–Crippen MR) is 94.7 cm³/mol. The van der Waals surface area contributed by atoms with Gasteiger partial charge in [0.2, 0.25) is 0 Å². The van der Waals surface area contributed by atoms with Crippen LogP contribution >= 0.6 is 0 Å². The third-order valence-electron chi connectivity index (χ3n) is 4.11. The molecule has 1 aromatic heterocycles. The number of benzene rings is 1. The van der Waals surface area contributed by atoms with Crippen LogP contribution < -0.4 is 10.8 Å². The Hall–Kier alpha value is -2.84. The summed E-state index contributed by atoms with van der Waals surface area (Å²) in [5.74, 6) is -0.179. The van der Waals surface area contributed by atoms with Gasteiger partial charge in [0, 0.05) is 31.8 Å². The van der Waals surface area contributed by atoms with Crippen molar-refractivity contribution < 1.29 is 14.4 Å². The summed E-state index contributed by atoms with van der Waals surface area (Å²) in [4.78, 5) is 21.7. The second-order valence-electron chi connectivity index (χ2n) is 6.13. The Morgan fingerprint density at radius 3 is 3.00 bits per heavy atom. The summed E-state index contributed by atoms with van der Waals surface area (Å²) >= 11 is 0. The number of hydrogen-bond acceptors (Lipinski definition) is 6. The van der Waals surface area contributed by atoms with Gasteiger partial charge in [0.05, 0.1) is 18.1 Å². The molecule has 1 atom stereocenters. The molecule has 1 aliphatic rings. The number of halogens is 1. The Morgan fingerprint density at radius 1 is 1.38 bits per heavy atom. The molecule has 1 saturated heterocycles. The summed E-state index contributed by atoms with van der Waals surface area (Å²) in [7, 11) is 0. The van der Waals surface area contributed by atoms with Crippen LogP contribution in [0.3, 0.4) is 0 Å². The van der Waals surface area contributed by atoms with Gasteiger partial charge in [0.25, 0.3) is 5.91 Å². The lowest BCUT2D eigenvalue weighted by atomic mass is 10.2. The van der Waals surface area contributed by atoms with Gasteiger partial charge in [0.15, 0.2) is 0 Å². The Balaban J connectivity index is 1.50. The fraction of sp³-hybridized carbons (Fsp3) is 0.278. The van der Waals surface area contributed by atoms with Crippen LogP contribution in [0.5, 0.6) is 0 Å². The van der Waals surface area contributed by atoms with E-state index in [0.29, 0.717) is 11.5 Å². The lowest BCUT2D eigenvalue weighted by Crippen LogP contribution is -2.26. The highest BCUT2D eigenvalue weighted by atomic mass is 19.1. The van der Waals surface area contributed by atoms with Crippen LogP contribution in [0, 0.1) is 5.82 Å². The minimum Gasteiger partial charge on any atom is -0.365 e. The average Bonchev–Trinajstić information content (AvgIpc) is 3.07. The molecule has 7 nitrogen and oxygen atoms in total. The second-order valence-corrected chi connectivity index (χ2v) is 6.13. The molecule has 136 valence electrons. The number of anilines is 1. The number of hydroxylamine groups is 1. The highest BCUT2D eigenvalue weighted by Crippen LogP contribution is 2.17. The molecule has 26 heavy (non-hydrogen) atoms. The topological polar surface area (TPSA) is 90.4 Å². The molecular weight excluding hydrogens is 337 g/mol. The Bertz CT molecular complexity index is 781. The number of likely N-dealkylation sites (tertiary alicyclic amines) is 1. The molecule has 3 rings (SSSR count). The van der Waals surface area contributed by atoms with E-state index in [0.717, 1.165) is 31.6 Å². The Morgan fingerprint density at radius 2 is 2.27 bits per heavy atom. The molecule has 0 unspecified atom stereocenters. The molecule has 1 fully saturated rings. The van der Waals surface area contributed by atoms with Crippen LogP contribution in [-0.4, -0.2) is 45.1 Å². The van der Waals surface area contributed by atoms with Crippen molar-refractivity contribution in [2.75, 3.05) is 18.4 Å². The monoisotopic (exact) mass is 357 g/mol. The fourth-order valence-corrected chi connectivity index (χ4v) is 2.89. The van der Waals surface area contributed by atoms with Gasteiger partial charge in [-0.05, 0) is 30.2 Å². The maximum Gasteiger partial charge on any atom is 0.267 e. The molecule has 3 N–H and O–H groups in total. The van der Waals surface area contributed by atoms with E-state index in [1.165, 1.54) is 23.7 Å². The zero-order valence-electron chi connectivity index (χ0n) is 14.1. The first-order valence-electron chi connectivity index (χ1n) is 8.30. The molecule has 8 heteroatoms. The number of hydrogen-bond donors (Lipinski definition) is 3. The third-order valence-corrected chi connectivity index (χ3v) is 4.11. The number of nitrogens with one attached hydrogen (secondary N) is 2. The molecule has 0 bridgehead atoms. The zero-order valence-corrected chi connectivity index (χ0v) is 14.1. The van der Waals surface area contributed by atoms with Crippen LogP contribution in [0.4, 0.5) is 10.2 Å². The van der Waals surface area contributed by atoms with Gasteiger partial charge in [-0.1, -0.05) is 12.1 Å². The van der Waals surface area contributed by atoms with Crippen LogP contribution in [0.25, 0.3) is 6.08 Å². The maximum atomic E-state index is 13.3. The van der Waals surface area contributed by atoms with Gasteiger partial charge in [-0.15, -0.1) is 0 Å². The van der Waals surface area contributed by atoms with Gasteiger partial charge in [-0.3, -0.25) is 19.9 Å². The minimum atomic E-state index is -0.627. The zero-order chi connectivity index (χ0) is 18.4. The van der Waals surface area contributed by atoms with E-state index in [2.05, 4.69) is 20.2 Å². The van der Waals surface area contributed by atoms with E-state index in [-0.39, 0.29) is 11.9 Å². The molecule has 2 heterocycles. The van der Waals surface area contributed by atoms with Crippen molar-refractivity contribution >= 4 is 17.8 Å². The van der Waals surface area contributed by atoms with Crippen LogP contribution in [0.2, 0.25) is 0 Å². The summed E-state index contributed by atoms with van der Waals surface area (Å²) in [6.45, 7) is 2.49. The largest absolute Gasteiger partial charge is 0.365 e. The van der Waals surface area contributed by atoms with Gasteiger partial charge in [0.1, 0.15) is 11.6 Å². The van der Waals surface area contributed by atoms with Gasteiger partial charge in [-0.2, -0.15) is 0 Å². The highest BCUT2D eigenvalue weighted by molar-refractivity contribution is 5.90. The summed E-state index contributed by atoms with van der Waals surface area (Å²) < 4.78 is 13.3. The number of rotatable bonds is 6. The summed E-state index contributed by atoms with van der Waals surface area (Å²) in [6, 6.07) is 6.92. The van der Waals surface area contributed by atoms with Crippen LogP contribution in [0.1, 0.15) is 17.7 Å². The van der Waals surface area contributed by atoms with E-state index in [4.69, 9.17) is 5.21 Å². The van der Waals surface area contributed by atoms with Crippen molar-refractivity contribution in [3.63, 3.8) is 0 Å². The van der Waals surface area contributed by atoms with E-state index in [1.807, 2.05) is 6.07 Å². The normalized spacial score (nSPS) is 17.5. The first kappa shape index (κ1) is 18.0. The number of amides is 1. The van der Waals surface area contributed by atoms with E-state index >= 15 is 0 Å². The molecule has 2 aromatic rings. The highest BCUT2D eigenvalue weighted by Gasteiger charge is 2.22. The summed E-state index contributed by atoms with van der Waals surface area (Å²) in [5.41, 5.74) is 2.99. The quantitative estimate of drug-likeness (QED) is 0.415. The molecule has 0 spiro atoms. The third kappa shape index (κ3) is 5.08. The molecular formula is C18H20FN5O2. The number of nitrogens with zero attached hydrogens (tertiary/aromatic N) is 3. The smallest absolute Gasteiger partial charge is 0.267 e. The van der Waals surface area contributed by atoms with Crippen molar-refractivity contribution in [3.05, 3.63) is 59.8 Å². The molecule has 1 aromatic carbocycles. The standard InChI is InChI=1S/C18H20FN5O2/c19-14-3-1-2-13(8-14)11-24-7-6-16(12-24)22-17-10-20-15(9-21-17)4-5-18(25)23-26/h1-5,8-10,16,26H,6-7,11-12H2,(H,21,22)(H,23,25)/b5-4+/t16-/m1/s1. The molecule has 0 saturated carbocycles. The van der Waals surface area contributed by atoms with E-state index in [1.54, 1.807) is 24.5 Å². The fourth-order valence-electron chi connectivity index (χ4n) is 2.89. The van der Waals surface area contributed by atoms with E-state index < -0.39 is 5.91 Å². The summed E-state index contributed by atoms with van der Waals surface area (Å²) in [6.07, 6.45) is 6.74. The molecule has 1 amide bonds. The number of carbonyl (C=O) groups is 1. The van der Waals surface area contributed by atoms with Crippen LogP contribution in [-0.2, 0) is 11.3 Å². The number of carbonyl (C=O) groups excluding carboxylic acids is 1. The Labute approximate surface area is 150 Å². The minimum absolute atomic E-state index is 0.211. The summed E-state index contributed by atoms with van der Waals surface area (Å²) in [5, 5.41) is 11.8. The lowest BCUT2D eigenvalue weighted by molar-refractivity contribution is -0.124. The SMILES string of the molecule is O=C(/C=C/c1cnc(N[C@@H]2CCN(Cc3cccc(F)c3)C2)cn1)NO. The van der Waals surface area contributed by atoms with Crippen molar-refractivity contribution in [3.8, 4) is 0 Å². The van der Waals surface area contributed by atoms with Crippen molar-refractivity contribution in [2.45, 2.75) is 19.0 Å². The van der Waals surface area contributed by atoms with Crippen molar-refractivity contribution in [1.82, 2.24) is 20.3 Å². The average molecular weight is 357 g/mol. The van der Waals surface area contributed by atoms with Gasteiger partial charge in [-0.25, -0.2) is 14.9 Å². The van der Waals surface area contributed by atoms with Crippen molar-refractivity contribution in [2.24, 2.45) is 0 Å². The first-order valence-corrected chi connectivity index (χ1v) is 8.30. The lowest BCUT2D eigenvalue weighted by Gasteiger charge is -2.17. The Kier molecular flexibility index (Phi) is 5.88. The van der Waals surface area contributed by atoms with Crippen molar-refractivity contribution in [1.29, 1.82) is 0 Å². The van der Waals surface area contributed by atoms with Gasteiger partial charge < -0.3 is 5.32 Å².